The van der Waals surface area contributed by atoms with Gasteiger partial charge < -0.3 is 24.6 Å². The van der Waals surface area contributed by atoms with Gasteiger partial charge in [0.15, 0.2) is 0 Å². The number of carboxylic acid groups (broad SMARTS) is 1. The molecule has 0 spiro atoms. The Morgan fingerprint density at radius 3 is 1.86 bits per heavy atom. The first-order valence-electron chi connectivity index (χ1n) is 3.50. The summed E-state index contributed by atoms with van der Waals surface area (Å²) in [7, 11) is -3.14. The topological polar surface area (TPSA) is 118 Å². The van der Waals surface area contributed by atoms with Gasteiger partial charge in [0.05, 0.1) is 0 Å². The van der Waals surface area contributed by atoms with E-state index in [1.54, 1.807) is 12.1 Å². The fraction of sp³-hybridized carbons (Fsp3) is 0. The van der Waals surface area contributed by atoms with Crippen molar-refractivity contribution in [1.29, 1.82) is 0 Å². The van der Waals surface area contributed by atoms with Crippen LogP contribution in [0.1, 0.15) is 10.4 Å². The highest BCUT2D eigenvalue weighted by atomic mass is 28.3. The summed E-state index contributed by atoms with van der Waals surface area (Å²) in [5.74, 6) is -1.31. The van der Waals surface area contributed by atoms with Gasteiger partial charge in [-0.15, -0.1) is 0 Å². The minimum absolute atomic E-state index is 0.0671. The smallest absolute Gasteiger partial charge is 0.475 e. The number of carboxylic acids is 1. The normalized spacial score (nSPS) is 9.14. The number of para-hydroxylation sites is 1. The van der Waals surface area contributed by atoms with Gasteiger partial charge in [-0.3, -0.25) is 0 Å². The molecule has 0 atom stereocenters. The second-order valence-corrected chi connectivity index (χ2v) is 2.86. The van der Waals surface area contributed by atoms with Crippen LogP contribution in [-0.2, 0) is 0 Å². The lowest BCUT2D eigenvalue weighted by molar-refractivity contribution is 0.0693. The molecule has 6 nitrogen and oxygen atoms in total. The molecule has 14 heavy (non-hydrogen) atoms. The first kappa shape index (κ1) is 12.6. The number of rotatable bonds is 1. The van der Waals surface area contributed by atoms with E-state index < -0.39 is 15.5 Å². The molecule has 0 fully saturated rings. The van der Waals surface area contributed by atoms with Gasteiger partial charge in [0.2, 0.25) is 0 Å². The van der Waals surface area contributed by atoms with Gasteiger partial charge in [0.25, 0.3) is 0 Å². The second kappa shape index (κ2) is 6.10. The third kappa shape index (κ3) is 5.27. The van der Waals surface area contributed by atoms with E-state index in [1.807, 2.05) is 0 Å². The highest BCUT2D eigenvalue weighted by molar-refractivity contribution is 6.30. The Morgan fingerprint density at radius 2 is 1.57 bits per heavy atom. The number of benzene rings is 1. The van der Waals surface area contributed by atoms with Crippen LogP contribution in [-0.4, -0.2) is 40.1 Å². The van der Waals surface area contributed by atoms with Crippen molar-refractivity contribution in [3.63, 3.8) is 0 Å². The van der Waals surface area contributed by atoms with E-state index in [9.17, 15) is 4.79 Å². The maximum absolute atomic E-state index is 10.3. The van der Waals surface area contributed by atoms with Crippen LogP contribution in [0, 0.1) is 0 Å². The Hall–Kier alpha value is -1.41. The maximum atomic E-state index is 10.3. The van der Waals surface area contributed by atoms with E-state index in [0.717, 1.165) is 0 Å². The molecular weight excluding hydrogens is 208 g/mol. The Kier molecular flexibility index (Phi) is 5.49. The van der Waals surface area contributed by atoms with Gasteiger partial charge in [-0.2, -0.15) is 0 Å². The molecule has 0 bridgehead atoms. The molecule has 0 radical (unpaired) electrons. The average molecular weight is 218 g/mol. The summed E-state index contributed by atoms with van der Waals surface area (Å²) < 4.78 is 0. The lowest BCUT2D eigenvalue weighted by atomic mass is 10.2. The molecule has 1 aromatic rings. The highest BCUT2D eigenvalue weighted by Crippen LogP contribution is 2.14. The van der Waals surface area contributed by atoms with E-state index in [0.29, 0.717) is 0 Å². The predicted octanol–water partition coefficient (Wildman–Crippen LogP) is -1.23. The molecule has 0 unspecified atom stereocenters. The van der Waals surface area contributed by atoms with Crippen molar-refractivity contribution < 1.29 is 29.4 Å². The molecule has 0 heterocycles. The molecule has 0 saturated carbocycles. The van der Waals surface area contributed by atoms with Gasteiger partial charge in [0.1, 0.15) is 11.3 Å². The molecule has 7 heteroatoms. The standard InChI is InChI=1S/C7H6O3.H4O3Si/c8-6-4-2-1-3-5(6)7(9)10;1-4(2)3/h1-4,8H,(H,9,10);1-4H. The molecule has 0 aliphatic heterocycles. The SMILES string of the molecule is O=C(O)c1ccccc1O.O[SiH](O)O. The van der Waals surface area contributed by atoms with Crippen molar-refractivity contribution in [1.82, 2.24) is 0 Å². The molecule has 0 aromatic heterocycles. The zero-order valence-corrected chi connectivity index (χ0v) is 8.19. The lowest BCUT2D eigenvalue weighted by Gasteiger charge is -1.95. The first-order chi connectivity index (χ1) is 6.45. The summed E-state index contributed by atoms with van der Waals surface area (Å²) in [5.41, 5.74) is -0.0671. The van der Waals surface area contributed by atoms with Gasteiger partial charge in [0, 0.05) is 0 Å². The number of aromatic hydroxyl groups is 1. The monoisotopic (exact) mass is 218 g/mol. The maximum Gasteiger partial charge on any atom is 0.475 e. The van der Waals surface area contributed by atoms with Gasteiger partial charge in [-0.25, -0.2) is 4.79 Å². The number of hydrogen-bond acceptors (Lipinski definition) is 5. The van der Waals surface area contributed by atoms with E-state index in [-0.39, 0.29) is 11.3 Å². The molecule has 0 amide bonds. The highest BCUT2D eigenvalue weighted by Gasteiger charge is 2.05. The quantitative estimate of drug-likeness (QED) is 0.377. The van der Waals surface area contributed by atoms with Crippen molar-refractivity contribution in [2.45, 2.75) is 0 Å². The summed E-state index contributed by atoms with van der Waals surface area (Å²) in [5, 5.41) is 17.3. The van der Waals surface area contributed by atoms with Gasteiger partial charge in [-0.05, 0) is 12.1 Å². The first-order valence-corrected chi connectivity index (χ1v) is 5.05. The molecule has 5 N–H and O–H groups in total. The molecule has 78 valence electrons. The number of carbonyl (C=O) groups is 1. The van der Waals surface area contributed by atoms with Crippen molar-refractivity contribution in [2.24, 2.45) is 0 Å². The number of hydrogen-bond donors (Lipinski definition) is 5. The summed E-state index contributed by atoms with van der Waals surface area (Å²) in [6.45, 7) is 0. The van der Waals surface area contributed by atoms with Crippen molar-refractivity contribution in [3.05, 3.63) is 29.8 Å². The van der Waals surface area contributed by atoms with E-state index >= 15 is 0 Å². The van der Waals surface area contributed by atoms with Crippen molar-refractivity contribution in [3.8, 4) is 5.75 Å². The number of phenols is 1. The Labute approximate surface area is 81.3 Å². The van der Waals surface area contributed by atoms with Crippen LogP contribution in [0.3, 0.4) is 0 Å². The number of aromatic carboxylic acids is 1. The van der Waals surface area contributed by atoms with Crippen LogP contribution in [0.15, 0.2) is 24.3 Å². The van der Waals surface area contributed by atoms with Crippen LogP contribution >= 0.6 is 0 Å². The summed E-state index contributed by atoms with van der Waals surface area (Å²) >= 11 is 0. The third-order valence-electron chi connectivity index (χ3n) is 1.13. The molecule has 1 aromatic carbocycles. The zero-order valence-electron chi connectivity index (χ0n) is 7.03. The molecular formula is C7H10O6Si. The Morgan fingerprint density at radius 1 is 1.14 bits per heavy atom. The third-order valence-corrected chi connectivity index (χ3v) is 1.13. The van der Waals surface area contributed by atoms with Gasteiger partial charge in [-0.1, -0.05) is 12.1 Å². The van der Waals surface area contributed by atoms with E-state index in [1.165, 1.54) is 12.1 Å². The second-order valence-electron chi connectivity index (χ2n) is 2.17. The zero-order chi connectivity index (χ0) is 11.1. The Balaban J connectivity index is 0.000000364. The van der Waals surface area contributed by atoms with Crippen molar-refractivity contribution >= 4 is 15.5 Å². The predicted molar refractivity (Wildman–Crippen MR) is 48.9 cm³/mol. The van der Waals surface area contributed by atoms with Crippen LogP contribution in [0.5, 0.6) is 5.75 Å². The van der Waals surface area contributed by atoms with Gasteiger partial charge >= 0.3 is 15.5 Å². The minimum atomic E-state index is -3.14. The van der Waals surface area contributed by atoms with E-state index in [4.69, 9.17) is 24.6 Å². The fourth-order valence-corrected chi connectivity index (χ4v) is 0.654. The largest absolute Gasteiger partial charge is 0.507 e. The Bertz CT molecular complexity index is 297. The summed E-state index contributed by atoms with van der Waals surface area (Å²) in [6.07, 6.45) is 0. The minimum Gasteiger partial charge on any atom is -0.507 e. The van der Waals surface area contributed by atoms with Crippen molar-refractivity contribution in [2.75, 3.05) is 0 Å². The lowest BCUT2D eigenvalue weighted by Crippen LogP contribution is -2.07. The molecule has 0 saturated heterocycles. The summed E-state index contributed by atoms with van der Waals surface area (Å²) in [4.78, 5) is 32.2. The molecule has 0 aliphatic carbocycles. The molecule has 1 rings (SSSR count). The van der Waals surface area contributed by atoms with Crippen LogP contribution in [0.25, 0.3) is 0 Å². The van der Waals surface area contributed by atoms with Crippen LogP contribution < -0.4 is 0 Å². The summed E-state index contributed by atoms with van der Waals surface area (Å²) in [6, 6.07) is 5.81. The molecule has 0 aliphatic rings. The van der Waals surface area contributed by atoms with Crippen LogP contribution in [0.4, 0.5) is 0 Å². The average Bonchev–Trinajstić information content (AvgIpc) is 2.03. The van der Waals surface area contributed by atoms with E-state index in [2.05, 4.69) is 0 Å². The van der Waals surface area contributed by atoms with Crippen LogP contribution in [0.2, 0.25) is 0 Å². The fourth-order valence-electron chi connectivity index (χ4n) is 0.654.